The number of esters is 2. The summed E-state index contributed by atoms with van der Waals surface area (Å²) in [6.45, 7) is 4.80. The predicted molar refractivity (Wildman–Crippen MR) is 309 cm³/mol. The van der Waals surface area contributed by atoms with Crippen LogP contribution in [0.5, 0.6) is 0 Å². The van der Waals surface area contributed by atoms with E-state index >= 15 is 0 Å². The first-order valence-electron chi connectivity index (χ1n) is 30.8. The lowest BCUT2D eigenvalue weighted by Crippen LogP contribution is -2.40. The van der Waals surface area contributed by atoms with Crippen LogP contribution < -0.4 is 0 Å². The second-order valence-corrected chi connectivity index (χ2v) is 22.0. The van der Waals surface area contributed by atoms with Gasteiger partial charge in [0, 0.05) is 12.8 Å². The SMILES string of the molecule is CC/C=C\C/C=C\C/C=C\C/C=C\CCCCCCCCCCCCCCCCCCCCCCCCC(=O)OC(COC(=O)CCCCCCCCCCCCCCC)COC(OCC[N+](C)(C)C)C(=O)O. The van der Waals surface area contributed by atoms with E-state index < -0.39 is 18.4 Å². The molecule has 0 aromatic rings. The van der Waals surface area contributed by atoms with E-state index in [2.05, 4.69) is 62.5 Å². The van der Waals surface area contributed by atoms with Gasteiger partial charge in [-0.2, -0.15) is 0 Å². The molecule has 0 saturated carbocycles. The number of hydrogen-bond donors (Lipinski definition) is 1. The fraction of sp³-hybridized carbons (Fsp3) is 0.828. The van der Waals surface area contributed by atoms with Crippen molar-refractivity contribution in [1.29, 1.82) is 0 Å². The summed E-state index contributed by atoms with van der Waals surface area (Å²) in [4.78, 5) is 37.4. The van der Waals surface area contributed by atoms with Gasteiger partial charge >= 0.3 is 17.9 Å². The Morgan fingerprint density at radius 3 is 1.16 bits per heavy atom. The van der Waals surface area contributed by atoms with Gasteiger partial charge in [-0.3, -0.25) is 9.59 Å². The van der Waals surface area contributed by atoms with E-state index in [1.807, 2.05) is 21.1 Å². The van der Waals surface area contributed by atoms with Crippen molar-refractivity contribution in [2.24, 2.45) is 0 Å². The zero-order valence-electron chi connectivity index (χ0n) is 48.6. The molecule has 1 N–H and O–H groups in total. The second-order valence-electron chi connectivity index (χ2n) is 22.0. The largest absolute Gasteiger partial charge is 0.477 e. The van der Waals surface area contributed by atoms with Crippen molar-refractivity contribution in [3.05, 3.63) is 48.6 Å². The molecule has 0 amide bonds. The second kappa shape index (κ2) is 55.5. The monoisotopic (exact) mass is 1030 g/mol. The minimum absolute atomic E-state index is 0.176. The first-order chi connectivity index (χ1) is 35.6. The van der Waals surface area contributed by atoms with E-state index in [1.165, 1.54) is 193 Å². The Bertz CT molecular complexity index is 1340. The highest BCUT2D eigenvalue weighted by Gasteiger charge is 2.25. The molecule has 9 heteroatoms. The van der Waals surface area contributed by atoms with Crippen LogP contribution in [0.4, 0.5) is 0 Å². The van der Waals surface area contributed by atoms with Crippen LogP contribution in [-0.2, 0) is 33.3 Å². The normalized spacial score (nSPS) is 13.1. The number of carbonyl (C=O) groups is 3. The van der Waals surface area contributed by atoms with Gasteiger partial charge in [0.2, 0.25) is 0 Å². The topological polar surface area (TPSA) is 108 Å². The Labute approximate surface area is 451 Å². The van der Waals surface area contributed by atoms with Crippen molar-refractivity contribution in [3.8, 4) is 0 Å². The third-order valence-corrected chi connectivity index (χ3v) is 13.6. The maximum Gasteiger partial charge on any atom is 0.361 e. The van der Waals surface area contributed by atoms with E-state index in [9.17, 15) is 19.5 Å². The van der Waals surface area contributed by atoms with Crippen LogP contribution in [0.1, 0.15) is 284 Å². The van der Waals surface area contributed by atoms with Crippen molar-refractivity contribution >= 4 is 17.9 Å². The van der Waals surface area contributed by atoms with Gasteiger partial charge in [0.25, 0.3) is 6.29 Å². The van der Waals surface area contributed by atoms with Crippen LogP contribution in [0, 0.1) is 0 Å². The lowest BCUT2D eigenvalue weighted by molar-refractivity contribution is -0.870. The van der Waals surface area contributed by atoms with Crippen molar-refractivity contribution in [2.45, 2.75) is 296 Å². The summed E-state index contributed by atoms with van der Waals surface area (Å²) < 4.78 is 22.9. The summed E-state index contributed by atoms with van der Waals surface area (Å²) >= 11 is 0. The van der Waals surface area contributed by atoms with Gasteiger partial charge in [-0.05, 0) is 51.4 Å². The molecule has 0 aromatic carbocycles. The van der Waals surface area contributed by atoms with Gasteiger partial charge in [-0.1, -0.05) is 268 Å². The molecule has 0 heterocycles. The molecule has 2 atom stereocenters. The molecule has 0 aromatic heterocycles. The fourth-order valence-corrected chi connectivity index (χ4v) is 8.89. The Hall–Kier alpha value is -2.75. The number of ether oxygens (including phenoxy) is 4. The van der Waals surface area contributed by atoms with E-state index in [0.29, 0.717) is 17.4 Å². The molecule has 0 radical (unpaired) electrons. The minimum atomic E-state index is -1.51. The van der Waals surface area contributed by atoms with E-state index in [1.54, 1.807) is 0 Å². The van der Waals surface area contributed by atoms with Crippen molar-refractivity contribution in [1.82, 2.24) is 0 Å². The fourth-order valence-electron chi connectivity index (χ4n) is 8.89. The van der Waals surface area contributed by atoms with Gasteiger partial charge in [0.1, 0.15) is 13.2 Å². The van der Waals surface area contributed by atoms with Crippen LogP contribution in [0.25, 0.3) is 0 Å². The number of aliphatic carboxylic acids is 1. The lowest BCUT2D eigenvalue weighted by Gasteiger charge is -2.25. The number of carboxylic acid groups (broad SMARTS) is 1. The third kappa shape index (κ3) is 56.8. The first kappa shape index (κ1) is 70.2. The third-order valence-electron chi connectivity index (χ3n) is 13.6. The van der Waals surface area contributed by atoms with Gasteiger partial charge in [-0.15, -0.1) is 0 Å². The zero-order valence-corrected chi connectivity index (χ0v) is 48.6. The molecule has 2 unspecified atom stereocenters. The molecule has 73 heavy (non-hydrogen) atoms. The number of hydrogen-bond acceptors (Lipinski definition) is 7. The molecule has 0 aliphatic heterocycles. The summed E-state index contributed by atoms with van der Waals surface area (Å²) in [7, 11) is 5.98. The van der Waals surface area contributed by atoms with Crippen LogP contribution in [0.2, 0.25) is 0 Å². The molecular formula is C64H118NO8+. The van der Waals surface area contributed by atoms with Crippen LogP contribution >= 0.6 is 0 Å². The molecule has 0 aliphatic rings. The summed E-state index contributed by atoms with van der Waals surface area (Å²) in [5, 5.41) is 9.69. The van der Waals surface area contributed by atoms with E-state index in [-0.39, 0.29) is 38.2 Å². The molecule has 0 saturated heterocycles. The van der Waals surface area contributed by atoms with E-state index in [0.717, 1.165) is 64.2 Å². The van der Waals surface area contributed by atoms with E-state index in [4.69, 9.17) is 18.9 Å². The number of carbonyl (C=O) groups excluding carboxylic acids is 2. The zero-order chi connectivity index (χ0) is 53.4. The van der Waals surface area contributed by atoms with Crippen LogP contribution in [-0.4, -0.2) is 87.4 Å². The smallest absolute Gasteiger partial charge is 0.361 e. The Morgan fingerprint density at radius 2 is 0.781 bits per heavy atom. The Kier molecular flexibility index (Phi) is 53.4. The highest BCUT2D eigenvalue weighted by molar-refractivity contribution is 5.71. The predicted octanol–water partition coefficient (Wildman–Crippen LogP) is 18.2. The Morgan fingerprint density at radius 1 is 0.425 bits per heavy atom. The van der Waals surface area contributed by atoms with Crippen molar-refractivity contribution in [2.75, 3.05) is 47.5 Å². The molecule has 9 nitrogen and oxygen atoms in total. The molecule has 0 rings (SSSR count). The van der Waals surface area contributed by atoms with Crippen molar-refractivity contribution in [3.63, 3.8) is 0 Å². The standard InChI is InChI=1S/C64H117NO8/c1-6-8-10-12-14-16-18-20-21-22-23-24-25-26-27-28-29-30-31-32-33-34-35-36-37-38-39-40-41-43-45-47-49-51-53-55-62(67)73-60(59-72-64(63(68)69)70-57-56-65(3,4)5)58-71-61(66)54-52-50-48-46-44-42-19-17-15-13-11-9-7-2/h8,10,14,16,20-21,23-24,60,64H,6-7,9,11-13,15,17-19,22,25-59H2,1-5H3/p+1/b10-8-,16-14-,21-20-,24-23-. The molecule has 0 aliphatic carbocycles. The minimum Gasteiger partial charge on any atom is -0.477 e. The average Bonchev–Trinajstić information content (AvgIpc) is 3.36. The van der Waals surface area contributed by atoms with Gasteiger partial charge in [0.05, 0.1) is 34.4 Å². The number of allylic oxidation sites excluding steroid dienone is 8. The van der Waals surface area contributed by atoms with Gasteiger partial charge < -0.3 is 28.5 Å². The van der Waals surface area contributed by atoms with Gasteiger partial charge in [0.15, 0.2) is 6.10 Å². The lowest BCUT2D eigenvalue weighted by atomic mass is 10.0. The summed E-state index contributed by atoms with van der Waals surface area (Å²) in [6, 6.07) is 0. The number of nitrogens with zero attached hydrogens (tertiary/aromatic N) is 1. The average molecular weight is 1030 g/mol. The quantitative estimate of drug-likeness (QED) is 0.0211. The summed E-state index contributed by atoms with van der Waals surface area (Å²) in [5.41, 5.74) is 0. The molecule has 0 spiro atoms. The molecule has 0 fully saturated rings. The van der Waals surface area contributed by atoms with Gasteiger partial charge in [-0.25, -0.2) is 4.79 Å². The highest BCUT2D eigenvalue weighted by Crippen LogP contribution is 2.18. The maximum absolute atomic E-state index is 12.9. The molecule has 426 valence electrons. The molecular weight excluding hydrogens is 911 g/mol. The Balaban J connectivity index is 4.00. The molecule has 0 bridgehead atoms. The van der Waals surface area contributed by atoms with Crippen LogP contribution in [0.3, 0.4) is 0 Å². The summed E-state index contributed by atoms with van der Waals surface area (Å²) in [6.07, 6.45) is 66.4. The number of carboxylic acids is 1. The number of quaternary nitrogens is 1. The first-order valence-corrected chi connectivity index (χ1v) is 30.8. The maximum atomic E-state index is 12.9. The van der Waals surface area contributed by atoms with Crippen molar-refractivity contribution < 1.29 is 42.9 Å². The highest BCUT2D eigenvalue weighted by atomic mass is 16.7. The number of unbranched alkanes of at least 4 members (excludes halogenated alkanes) is 34. The van der Waals surface area contributed by atoms with Crippen LogP contribution in [0.15, 0.2) is 48.6 Å². The summed E-state index contributed by atoms with van der Waals surface area (Å²) in [5.74, 6) is -1.99. The number of rotatable bonds is 57. The number of likely N-dealkylation sites (N-methyl/N-ethyl adjacent to an activating group) is 1.